The van der Waals surface area contributed by atoms with Gasteiger partial charge in [0, 0.05) is 31.6 Å². The first-order chi connectivity index (χ1) is 11.7. The summed E-state index contributed by atoms with van der Waals surface area (Å²) in [4.78, 5) is 26.1. The molecule has 0 spiro atoms. The van der Waals surface area contributed by atoms with Crippen molar-refractivity contribution in [3.8, 4) is 0 Å². The Bertz CT molecular complexity index is 606. The van der Waals surface area contributed by atoms with E-state index in [0.29, 0.717) is 25.3 Å². The quantitative estimate of drug-likeness (QED) is 0.911. The van der Waals surface area contributed by atoms with E-state index in [2.05, 4.69) is 11.4 Å². The highest BCUT2D eigenvalue weighted by atomic mass is 16.2. The fourth-order valence-corrected chi connectivity index (χ4v) is 3.94. The summed E-state index contributed by atoms with van der Waals surface area (Å²) >= 11 is 0. The fourth-order valence-electron chi connectivity index (χ4n) is 3.94. The van der Waals surface area contributed by atoms with E-state index >= 15 is 0 Å². The molecule has 2 amide bonds. The number of anilines is 1. The molecular weight excluding hydrogens is 300 g/mol. The first-order valence-electron chi connectivity index (χ1n) is 9.35. The molecule has 1 heterocycles. The molecule has 4 heteroatoms. The van der Waals surface area contributed by atoms with Crippen molar-refractivity contribution < 1.29 is 9.59 Å². The normalized spacial score (nSPS) is 18.1. The van der Waals surface area contributed by atoms with Crippen LogP contribution in [0.5, 0.6) is 0 Å². The van der Waals surface area contributed by atoms with Crippen LogP contribution < -0.4 is 5.32 Å². The Hall–Kier alpha value is -1.84. The molecule has 24 heavy (non-hydrogen) atoms. The van der Waals surface area contributed by atoms with Gasteiger partial charge in [-0.05, 0) is 48.4 Å². The summed E-state index contributed by atoms with van der Waals surface area (Å²) in [5, 5.41) is 3.06. The first-order valence-corrected chi connectivity index (χ1v) is 9.35. The van der Waals surface area contributed by atoms with Gasteiger partial charge in [-0.15, -0.1) is 0 Å². The Labute approximate surface area is 144 Å². The lowest BCUT2D eigenvalue weighted by Gasteiger charge is -2.29. The molecule has 0 unspecified atom stereocenters. The molecule has 1 aromatic rings. The number of hydrogen-bond donors (Lipinski definition) is 1. The smallest absolute Gasteiger partial charge is 0.224 e. The molecule has 1 aromatic carbocycles. The van der Waals surface area contributed by atoms with E-state index in [4.69, 9.17) is 0 Å². The number of nitrogens with zero attached hydrogens (tertiary/aromatic N) is 1. The first kappa shape index (κ1) is 17.0. The van der Waals surface area contributed by atoms with Gasteiger partial charge in [-0.1, -0.05) is 32.3 Å². The van der Waals surface area contributed by atoms with Crippen molar-refractivity contribution in [2.75, 3.05) is 11.9 Å². The lowest BCUT2D eigenvalue weighted by molar-refractivity contribution is -0.131. The third kappa shape index (κ3) is 4.16. The van der Waals surface area contributed by atoms with E-state index in [0.717, 1.165) is 18.7 Å². The predicted molar refractivity (Wildman–Crippen MR) is 95.7 cm³/mol. The zero-order valence-electron chi connectivity index (χ0n) is 14.6. The zero-order valence-corrected chi connectivity index (χ0v) is 14.6. The molecule has 1 saturated carbocycles. The van der Waals surface area contributed by atoms with Crippen molar-refractivity contribution in [3.63, 3.8) is 0 Å². The number of amides is 2. The van der Waals surface area contributed by atoms with Crippen LogP contribution in [-0.2, 0) is 22.6 Å². The lowest BCUT2D eigenvalue weighted by Crippen LogP contribution is -2.35. The van der Waals surface area contributed by atoms with Crippen molar-refractivity contribution in [1.29, 1.82) is 0 Å². The summed E-state index contributed by atoms with van der Waals surface area (Å²) < 4.78 is 0. The van der Waals surface area contributed by atoms with Gasteiger partial charge in [0.05, 0.1) is 0 Å². The van der Waals surface area contributed by atoms with Crippen molar-refractivity contribution in [1.82, 2.24) is 4.90 Å². The molecular formula is C20H28N2O2. The summed E-state index contributed by atoms with van der Waals surface area (Å²) in [5.41, 5.74) is 3.32. The minimum Gasteiger partial charge on any atom is -0.338 e. The molecule has 3 rings (SSSR count). The van der Waals surface area contributed by atoms with Crippen molar-refractivity contribution in [2.24, 2.45) is 5.92 Å². The standard InChI is InChI=1S/C20H28N2O2/c1-2-20(24)22-11-10-16-8-9-18(13-17(16)14-22)21-19(23)12-15-6-4-3-5-7-15/h8-9,13,15H,2-7,10-12,14H2,1H3,(H,21,23). The summed E-state index contributed by atoms with van der Waals surface area (Å²) in [7, 11) is 0. The number of carbonyl (C=O) groups excluding carboxylic acids is 2. The van der Waals surface area contributed by atoms with Crippen LogP contribution in [0.1, 0.15) is 63.0 Å². The number of nitrogens with one attached hydrogen (secondary N) is 1. The molecule has 0 atom stereocenters. The van der Waals surface area contributed by atoms with Gasteiger partial charge in [-0.3, -0.25) is 9.59 Å². The lowest BCUT2D eigenvalue weighted by atomic mass is 9.87. The number of rotatable bonds is 4. The number of hydrogen-bond acceptors (Lipinski definition) is 2. The molecule has 0 aromatic heterocycles. The SMILES string of the molecule is CCC(=O)N1CCc2ccc(NC(=O)CC3CCCCC3)cc2C1. The average molecular weight is 328 g/mol. The third-order valence-electron chi connectivity index (χ3n) is 5.36. The van der Waals surface area contributed by atoms with Gasteiger partial charge in [0.25, 0.3) is 0 Å². The highest BCUT2D eigenvalue weighted by Gasteiger charge is 2.21. The number of fused-ring (bicyclic) bond motifs is 1. The van der Waals surface area contributed by atoms with Crippen LogP contribution >= 0.6 is 0 Å². The van der Waals surface area contributed by atoms with Crippen LogP contribution in [-0.4, -0.2) is 23.3 Å². The van der Waals surface area contributed by atoms with Crippen molar-refractivity contribution >= 4 is 17.5 Å². The summed E-state index contributed by atoms with van der Waals surface area (Å²) in [6, 6.07) is 6.14. The summed E-state index contributed by atoms with van der Waals surface area (Å²) in [6.07, 6.45) is 8.30. The molecule has 4 nitrogen and oxygen atoms in total. The summed E-state index contributed by atoms with van der Waals surface area (Å²) in [5.74, 6) is 0.876. The van der Waals surface area contributed by atoms with Crippen LogP contribution in [0.15, 0.2) is 18.2 Å². The largest absolute Gasteiger partial charge is 0.338 e. The molecule has 1 N–H and O–H groups in total. The molecule has 130 valence electrons. The van der Waals surface area contributed by atoms with E-state index in [9.17, 15) is 9.59 Å². The Morgan fingerprint density at radius 1 is 1.17 bits per heavy atom. The third-order valence-corrected chi connectivity index (χ3v) is 5.36. The van der Waals surface area contributed by atoms with Crippen LogP contribution in [0.4, 0.5) is 5.69 Å². The zero-order chi connectivity index (χ0) is 16.9. The Kier molecular flexibility index (Phi) is 5.54. The van der Waals surface area contributed by atoms with E-state index < -0.39 is 0 Å². The molecule has 1 aliphatic carbocycles. The van der Waals surface area contributed by atoms with Gasteiger partial charge < -0.3 is 10.2 Å². The van der Waals surface area contributed by atoms with E-state index in [1.54, 1.807) is 0 Å². The molecule has 0 saturated heterocycles. The van der Waals surface area contributed by atoms with E-state index in [-0.39, 0.29) is 11.8 Å². The Balaban J connectivity index is 1.61. The van der Waals surface area contributed by atoms with Crippen LogP contribution in [0.2, 0.25) is 0 Å². The highest BCUT2D eigenvalue weighted by molar-refractivity contribution is 5.91. The number of benzene rings is 1. The average Bonchev–Trinajstić information content (AvgIpc) is 2.61. The van der Waals surface area contributed by atoms with Gasteiger partial charge >= 0.3 is 0 Å². The van der Waals surface area contributed by atoms with Gasteiger partial charge in [0.2, 0.25) is 11.8 Å². The maximum absolute atomic E-state index is 12.3. The maximum atomic E-state index is 12.3. The molecule has 0 radical (unpaired) electrons. The van der Waals surface area contributed by atoms with E-state index in [1.807, 2.05) is 24.0 Å². The monoisotopic (exact) mass is 328 g/mol. The second-order valence-corrected chi connectivity index (χ2v) is 7.16. The minimum atomic E-state index is 0.124. The maximum Gasteiger partial charge on any atom is 0.224 e. The predicted octanol–water partition coefficient (Wildman–Crippen LogP) is 3.89. The number of carbonyl (C=O) groups is 2. The topological polar surface area (TPSA) is 49.4 Å². The Morgan fingerprint density at radius 3 is 2.71 bits per heavy atom. The van der Waals surface area contributed by atoms with Gasteiger partial charge in [-0.25, -0.2) is 0 Å². The van der Waals surface area contributed by atoms with Gasteiger partial charge in [0.1, 0.15) is 0 Å². The second-order valence-electron chi connectivity index (χ2n) is 7.16. The van der Waals surface area contributed by atoms with Gasteiger partial charge in [0.15, 0.2) is 0 Å². The highest BCUT2D eigenvalue weighted by Crippen LogP contribution is 2.27. The molecule has 1 fully saturated rings. The van der Waals surface area contributed by atoms with Crippen LogP contribution in [0, 0.1) is 5.92 Å². The molecule has 2 aliphatic rings. The fraction of sp³-hybridized carbons (Fsp3) is 0.600. The summed E-state index contributed by atoms with van der Waals surface area (Å²) in [6.45, 7) is 3.36. The van der Waals surface area contributed by atoms with E-state index in [1.165, 1.54) is 43.2 Å². The van der Waals surface area contributed by atoms with Crippen molar-refractivity contribution in [2.45, 2.75) is 64.8 Å². The van der Waals surface area contributed by atoms with Crippen molar-refractivity contribution in [3.05, 3.63) is 29.3 Å². The molecule has 0 bridgehead atoms. The van der Waals surface area contributed by atoms with Crippen LogP contribution in [0.3, 0.4) is 0 Å². The second kappa shape index (κ2) is 7.82. The van der Waals surface area contributed by atoms with Crippen LogP contribution in [0.25, 0.3) is 0 Å². The molecule has 1 aliphatic heterocycles. The van der Waals surface area contributed by atoms with Gasteiger partial charge in [-0.2, -0.15) is 0 Å². The minimum absolute atomic E-state index is 0.124. The Morgan fingerprint density at radius 2 is 1.96 bits per heavy atom.